The molecule has 0 saturated carbocycles. The fourth-order valence-electron chi connectivity index (χ4n) is 2.09. The van der Waals surface area contributed by atoms with Crippen molar-refractivity contribution in [3.63, 3.8) is 0 Å². The molecule has 1 aliphatic heterocycles. The van der Waals surface area contributed by atoms with Crippen LogP contribution in [0.3, 0.4) is 0 Å². The Balaban J connectivity index is 2.26. The highest BCUT2D eigenvalue weighted by Crippen LogP contribution is 2.30. The molecule has 0 spiro atoms. The number of carbonyl (C=O) groups excluding carboxylic acids is 1. The number of nitrogen functional groups attached to an aromatic ring is 1. The molecule has 1 saturated heterocycles. The van der Waals surface area contributed by atoms with Crippen LogP contribution in [0.2, 0.25) is 0 Å². The molecule has 5 nitrogen and oxygen atoms in total. The van der Waals surface area contributed by atoms with E-state index in [0.29, 0.717) is 11.4 Å². The van der Waals surface area contributed by atoms with Crippen molar-refractivity contribution in [2.75, 3.05) is 12.3 Å². The largest absolute Gasteiger partial charge is 0.396 e. The second-order valence-electron chi connectivity index (χ2n) is 4.57. The predicted molar refractivity (Wildman–Crippen MR) is 57.3 cm³/mol. The molecule has 2 heterocycles. The molecule has 1 aromatic heterocycles. The molecular weight excluding hydrogens is 192 g/mol. The van der Waals surface area contributed by atoms with Crippen molar-refractivity contribution in [3.8, 4) is 0 Å². The summed E-state index contributed by atoms with van der Waals surface area (Å²) >= 11 is 0. The van der Waals surface area contributed by atoms with E-state index in [1.807, 2.05) is 4.90 Å². The monoisotopic (exact) mass is 208 g/mol. The summed E-state index contributed by atoms with van der Waals surface area (Å²) in [4.78, 5) is 14.0. The summed E-state index contributed by atoms with van der Waals surface area (Å²) < 4.78 is 0. The summed E-state index contributed by atoms with van der Waals surface area (Å²) in [6.45, 7) is 4.94. The highest BCUT2D eigenvalue weighted by atomic mass is 16.2. The van der Waals surface area contributed by atoms with E-state index >= 15 is 0 Å². The minimum atomic E-state index is -0.0748. The van der Waals surface area contributed by atoms with Crippen molar-refractivity contribution < 1.29 is 4.79 Å². The Morgan fingerprint density at radius 3 is 2.87 bits per heavy atom. The zero-order valence-corrected chi connectivity index (χ0v) is 9.08. The maximum Gasteiger partial charge on any atom is 0.274 e. The number of hydrogen-bond acceptors (Lipinski definition) is 3. The SMILES string of the molecule is CC1(C)CCCN1C(=O)c1[nH]ncc1N. The van der Waals surface area contributed by atoms with Gasteiger partial charge in [-0.05, 0) is 26.7 Å². The van der Waals surface area contributed by atoms with Crippen LogP contribution in [0, 0.1) is 0 Å². The van der Waals surface area contributed by atoms with Gasteiger partial charge in [-0.15, -0.1) is 0 Å². The smallest absolute Gasteiger partial charge is 0.274 e. The van der Waals surface area contributed by atoms with Gasteiger partial charge in [0, 0.05) is 12.1 Å². The van der Waals surface area contributed by atoms with Crippen molar-refractivity contribution in [1.82, 2.24) is 15.1 Å². The third-order valence-electron chi connectivity index (χ3n) is 3.03. The van der Waals surface area contributed by atoms with Gasteiger partial charge in [0.05, 0.1) is 11.9 Å². The van der Waals surface area contributed by atoms with Crippen LogP contribution in [0.4, 0.5) is 5.69 Å². The number of anilines is 1. The Hall–Kier alpha value is -1.52. The predicted octanol–water partition coefficient (Wildman–Crippen LogP) is 1.01. The lowest BCUT2D eigenvalue weighted by Crippen LogP contribution is -2.43. The number of hydrogen-bond donors (Lipinski definition) is 2. The van der Waals surface area contributed by atoms with Crippen molar-refractivity contribution >= 4 is 11.6 Å². The van der Waals surface area contributed by atoms with Crippen LogP contribution >= 0.6 is 0 Å². The molecule has 0 bridgehead atoms. The number of nitrogens with zero attached hydrogens (tertiary/aromatic N) is 2. The van der Waals surface area contributed by atoms with E-state index in [1.54, 1.807) is 0 Å². The summed E-state index contributed by atoms with van der Waals surface area (Å²) in [5, 5.41) is 6.42. The third-order valence-corrected chi connectivity index (χ3v) is 3.03. The molecule has 0 unspecified atom stereocenters. The standard InChI is InChI=1S/C10H16N4O/c1-10(2)4-3-5-14(10)9(15)8-7(11)6-12-13-8/h6H,3-5,11H2,1-2H3,(H,12,13). The van der Waals surface area contributed by atoms with Crippen LogP contribution in [0.25, 0.3) is 0 Å². The van der Waals surface area contributed by atoms with E-state index in [2.05, 4.69) is 24.0 Å². The Bertz CT molecular complexity index is 383. The molecule has 0 radical (unpaired) electrons. The lowest BCUT2D eigenvalue weighted by atomic mass is 10.0. The number of likely N-dealkylation sites (tertiary alicyclic amines) is 1. The molecule has 1 fully saturated rings. The molecule has 0 aromatic carbocycles. The maximum atomic E-state index is 12.1. The van der Waals surface area contributed by atoms with E-state index in [4.69, 9.17) is 5.73 Å². The topological polar surface area (TPSA) is 75.0 Å². The zero-order valence-electron chi connectivity index (χ0n) is 9.08. The number of aromatic nitrogens is 2. The zero-order chi connectivity index (χ0) is 11.1. The van der Waals surface area contributed by atoms with E-state index in [0.717, 1.165) is 19.4 Å². The average molecular weight is 208 g/mol. The number of nitrogens with two attached hydrogens (primary N) is 1. The van der Waals surface area contributed by atoms with Gasteiger partial charge in [-0.1, -0.05) is 0 Å². The average Bonchev–Trinajstić information content (AvgIpc) is 2.70. The number of rotatable bonds is 1. The fraction of sp³-hybridized carbons (Fsp3) is 0.600. The molecule has 1 aromatic rings. The lowest BCUT2D eigenvalue weighted by Gasteiger charge is -2.31. The molecule has 15 heavy (non-hydrogen) atoms. The van der Waals surface area contributed by atoms with Crippen molar-refractivity contribution in [2.45, 2.75) is 32.2 Å². The van der Waals surface area contributed by atoms with E-state index in [-0.39, 0.29) is 11.4 Å². The molecule has 3 N–H and O–H groups in total. The van der Waals surface area contributed by atoms with Crippen LogP contribution in [0.1, 0.15) is 37.2 Å². The summed E-state index contributed by atoms with van der Waals surface area (Å²) in [5.41, 5.74) is 6.41. The van der Waals surface area contributed by atoms with E-state index in [9.17, 15) is 4.79 Å². The third kappa shape index (κ3) is 1.58. The number of nitrogens with one attached hydrogen (secondary N) is 1. The van der Waals surface area contributed by atoms with Gasteiger partial charge in [0.15, 0.2) is 0 Å². The first-order chi connectivity index (χ1) is 7.02. The quantitative estimate of drug-likeness (QED) is 0.723. The van der Waals surface area contributed by atoms with Crippen molar-refractivity contribution in [1.29, 1.82) is 0 Å². The van der Waals surface area contributed by atoms with Crippen LogP contribution in [-0.2, 0) is 0 Å². The molecule has 2 rings (SSSR count). The Kier molecular flexibility index (Phi) is 2.17. The van der Waals surface area contributed by atoms with Gasteiger partial charge in [-0.25, -0.2) is 0 Å². The van der Waals surface area contributed by atoms with Crippen LogP contribution in [0.15, 0.2) is 6.20 Å². The normalized spacial score (nSPS) is 19.5. The van der Waals surface area contributed by atoms with E-state index in [1.165, 1.54) is 6.20 Å². The van der Waals surface area contributed by atoms with Gasteiger partial charge in [-0.2, -0.15) is 5.10 Å². The maximum absolute atomic E-state index is 12.1. The molecule has 1 aliphatic rings. The molecule has 1 amide bonds. The van der Waals surface area contributed by atoms with Gasteiger partial charge >= 0.3 is 0 Å². The van der Waals surface area contributed by atoms with Gasteiger partial charge < -0.3 is 10.6 Å². The Labute approximate surface area is 88.6 Å². The van der Waals surface area contributed by atoms with Gasteiger partial charge in [-0.3, -0.25) is 9.89 Å². The molecule has 0 atom stereocenters. The van der Waals surface area contributed by atoms with Gasteiger partial charge in [0.1, 0.15) is 5.69 Å². The first-order valence-corrected chi connectivity index (χ1v) is 5.13. The summed E-state index contributed by atoms with van der Waals surface area (Å²) in [5.74, 6) is -0.0486. The number of aromatic amines is 1. The lowest BCUT2D eigenvalue weighted by molar-refractivity contribution is 0.0647. The molecular formula is C10H16N4O. The van der Waals surface area contributed by atoms with E-state index < -0.39 is 0 Å². The summed E-state index contributed by atoms with van der Waals surface area (Å²) in [7, 11) is 0. The molecule has 82 valence electrons. The Morgan fingerprint density at radius 1 is 1.67 bits per heavy atom. The van der Waals surface area contributed by atoms with Crippen LogP contribution in [-0.4, -0.2) is 33.1 Å². The summed E-state index contributed by atoms with van der Waals surface area (Å²) in [6, 6.07) is 0. The molecule has 0 aliphatic carbocycles. The summed E-state index contributed by atoms with van der Waals surface area (Å²) in [6.07, 6.45) is 3.55. The van der Waals surface area contributed by atoms with Crippen molar-refractivity contribution in [2.24, 2.45) is 0 Å². The minimum absolute atomic E-state index is 0.0486. The first kappa shape index (κ1) is 10.0. The number of H-pyrrole nitrogens is 1. The van der Waals surface area contributed by atoms with Crippen molar-refractivity contribution in [3.05, 3.63) is 11.9 Å². The first-order valence-electron chi connectivity index (χ1n) is 5.13. The fourth-order valence-corrected chi connectivity index (χ4v) is 2.09. The highest BCUT2D eigenvalue weighted by molar-refractivity contribution is 5.97. The second-order valence-corrected chi connectivity index (χ2v) is 4.57. The molecule has 5 heteroatoms. The Morgan fingerprint density at radius 2 is 2.40 bits per heavy atom. The van der Waals surface area contributed by atoms with Gasteiger partial charge in [0.25, 0.3) is 5.91 Å². The van der Waals surface area contributed by atoms with Crippen LogP contribution in [0.5, 0.6) is 0 Å². The number of amides is 1. The van der Waals surface area contributed by atoms with Crippen LogP contribution < -0.4 is 5.73 Å². The second kappa shape index (κ2) is 3.25. The minimum Gasteiger partial charge on any atom is -0.396 e. The van der Waals surface area contributed by atoms with Gasteiger partial charge in [0.2, 0.25) is 0 Å². The highest BCUT2D eigenvalue weighted by Gasteiger charge is 2.36. The number of carbonyl (C=O) groups is 1.